The molecule has 0 bridgehead atoms. The molecule has 0 spiro atoms. The lowest BCUT2D eigenvalue weighted by molar-refractivity contribution is 0.121. The maximum atomic E-state index is 12.1. The number of aromatic nitrogens is 1. The Labute approximate surface area is 197 Å². The summed E-state index contributed by atoms with van der Waals surface area (Å²) < 4.78 is 7.03. The molecule has 0 saturated carbocycles. The molecule has 3 aromatic rings. The largest absolute Gasteiger partial charge is 0.465 e. The van der Waals surface area contributed by atoms with E-state index in [1.807, 2.05) is 30.5 Å². The van der Waals surface area contributed by atoms with Crippen LogP contribution in [0, 0.1) is 0 Å². The molecule has 2 aromatic carbocycles. The van der Waals surface area contributed by atoms with E-state index in [4.69, 9.17) is 4.43 Å². The molecular weight excluding hydrogens is 428 g/mol. The van der Waals surface area contributed by atoms with Gasteiger partial charge in [-0.1, -0.05) is 87.5 Å². The fourth-order valence-electron chi connectivity index (χ4n) is 5.15. The third-order valence-corrected chi connectivity index (χ3v) is 11.7. The van der Waals surface area contributed by atoms with Gasteiger partial charge in [-0.25, -0.2) is 4.79 Å². The average molecular weight is 461 g/mol. The van der Waals surface area contributed by atoms with Gasteiger partial charge < -0.3 is 14.4 Å². The zero-order valence-electron chi connectivity index (χ0n) is 19.5. The van der Waals surface area contributed by atoms with E-state index in [9.17, 15) is 9.90 Å². The molecule has 1 saturated heterocycles. The molecule has 1 aliphatic rings. The number of benzene rings is 2. The predicted octanol–water partition coefficient (Wildman–Crippen LogP) is 4.49. The van der Waals surface area contributed by atoms with Crippen molar-refractivity contribution < 1.29 is 14.3 Å². The first-order chi connectivity index (χ1) is 15.8. The van der Waals surface area contributed by atoms with E-state index in [0.29, 0.717) is 13.2 Å². The highest BCUT2D eigenvalue weighted by Gasteiger charge is 2.51. The molecule has 1 N–H and O–H groups in total. The van der Waals surface area contributed by atoms with Crippen molar-refractivity contribution in [2.24, 2.45) is 0 Å². The summed E-state index contributed by atoms with van der Waals surface area (Å²) in [5.74, 6) is 0.127. The first-order valence-electron chi connectivity index (χ1n) is 11.5. The van der Waals surface area contributed by atoms with Crippen molar-refractivity contribution in [1.29, 1.82) is 0 Å². The highest BCUT2D eigenvalue weighted by molar-refractivity contribution is 6.99. The van der Waals surface area contributed by atoms with Crippen molar-refractivity contribution >= 4 is 24.8 Å². The van der Waals surface area contributed by atoms with Crippen LogP contribution in [-0.2, 0) is 4.43 Å². The van der Waals surface area contributed by atoms with Gasteiger partial charge >= 0.3 is 6.09 Å². The topological polar surface area (TPSA) is 62.7 Å². The Bertz CT molecular complexity index is 1020. The Morgan fingerprint density at radius 1 is 1.03 bits per heavy atom. The predicted molar refractivity (Wildman–Crippen MR) is 134 cm³/mol. The SMILES string of the molecule is CC(C)(C)[Si](OCC1CC(c2cccnc2)CN1C(=O)O)(c1ccccc1)c1ccccc1. The van der Waals surface area contributed by atoms with Crippen molar-refractivity contribution in [3.05, 3.63) is 90.8 Å². The van der Waals surface area contributed by atoms with E-state index < -0.39 is 14.4 Å². The molecule has 4 rings (SSSR count). The highest BCUT2D eigenvalue weighted by atomic mass is 28.4. The zero-order valence-corrected chi connectivity index (χ0v) is 20.5. The van der Waals surface area contributed by atoms with Crippen molar-refractivity contribution in [1.82, 2.24) is 9.88 Å². The van der Waals surface area contributed by atoms with Crippen LogP contribution in [0.1, 0.15) is 38.7 Å². The van der Waals surface area contributed by atoms with Crippen LogP contribution in [0.2, 0.25) is 5.04 Å². The molecule has 2 unspecified atom stereocenters. The minimum absolute atomic E-state index is 0.127. The fraction of sp³-hybridized carbons (Fsp3) is 0.333. The first-order valence-corrected chi connectivity index (χ1v) is 13.4. The summed E-state index contributed by atoms with van der Waals surface area (Å²) in [7, 11) is -2.71. The second kappa shape index (κ2) is 9.49. The van der Waals surface area contributed by atoms with Crippen molar-refractivity contribution in [3.8, 4) is 0 Å². The third-order valence-electron chi connectivity index (χ3n) is 6.73. The summed E-state index contributed by atoms with van der Waals surface area (Å²) in [4.78, 5) is 17.9. The molecule has 2 atom stereocenters. The highest BCUT2D eigenvalue weighted by Crippen LogP contribution is 2.38. The second-order valence-electron chi connectivity index (χ2n) is 9.78. The Kier molecular flexibility index (Phi) is 6.67. The van der Waals surface area contributed by atoms with Crippen LogP contribution in [0.15, 0.2) is 85.2 Å². The maximum Gasteiger partial charge on any atom is 0.407 e. The standard InChI is InChI=1S/C27H32N2O3Si/c1-27(2,3)33(24-12-6-4-7-13-24,25-14-8-5-9-15-25)32-20-23-17-22(19-29(23)26(30)31)21-11-10-16-28-18-21/h4-16,18,22-23H,17,19-20H2,1-3H3,(H,30,31). The van der Waals surface area contributed by atoms with Crippen molar-refractivity contribution in [2.45, 2.75) is 44.2 Å². The molecule has 6 heteroatoms. The second-order valence-corrected chi connectivity index (χ2v) is 14.1. The number of nitrogens with zero attached hydrogens (tertiary/aromatic N) is 2. The first kappa shape index (κ1) is 23.2. The van der Waals surface area contributed by atoms with E-state index in [0.717, 1.165) is 12.0 Å². The fourth-order valence-corrected chi connectivity index (χ4v) is 9.75. The summed E-state index contributed by atoms with van der Waals surface area (Å²) in [6, 6.07) is 24.7. The van der Waals surface area contributed by atoms with Gasteiger partial charge in [0.1, 0.15) is 0 Å². The number of carboxylic acid groups (broad SMARTS) is 1. The summed E-state index contributed by atoms with van der Waals surface area (Å²) in [6.45, 7) is 7.55. The Morgan fingerprint density at radius 2 is 1.64 bits per heavy atom. The molecule has 5 nitrogen and oxygen atoms in total. The van der Waals surface area contributed by atoms with Gasteiger partial charge in [0.15, 0.2) is 0 Å². The van der Waals surface area contributed by atoms with E-state index in [1.54, 1.807) is 11.1 Å². The molecule has 0 radical (unpaired) electrons. The number of rotatable bonds is 6. The van der Waals surface area contributed by atoms with Gasteiger partial charge in [-0.2, -0.15) is 0 Å². The van der Waals surface area contributed by atoms with E-state index in [1.165, 1.54) is 10.4 Å². The smallest absolute Gasteiger partial charge is 0.407 e. The lowest BCUT2D eigenvalue weighted by Crippen LogP contribution is -2.67. The number of pyridine rings is 1. The average Bonchev–Trinajstić information content (AvgIpc) is 3.25. The number of hydrogen-bond acceptors (Lipinski definition) is 3. The van der Waals surface area contributed by atoms with Crippen LogP contribution < -0.4 is 10.4 Å². The molecular formula is C27H32N2O3Si. The monoisotopic (exact) mass is 460 g/mol. The number of amides is 1. The van der Waals surface area contributed by atoms with Gasteiger partial charge in [0, 0.05) is 24.9 Å². The van der Waals surface area contributed by atoms with Gasteiger partial charge in [-0.3, -0.25) is 4.98 Å². The van der Waals surface area contributed by atoms with Gasteiger partial charge in [0.2, 0.25) is 0 Å². The van der Waals surface area contributed by atoms with Gasteiger partial charge in [0.25, 0.3) is 8.32 Å². The summed E-state index contributed by atoms with van der Waals surface area (Å²) in [6.07, 6.45) is 3.43. The molecule has 1 fully saturated rings. The lowest BCUT2D eigenvalue weighted by atomic mass is 9.98. The van der Waals surface area contributed by atoms with Gasteiger partial charge in [-0.05, 0) is 33.5 Å². The quantitative estimate of drug-likeness (QED) is 0.551. The van der Waals surface area contributed by atoms with Crippen LogP contribution in [0.5, 0.6) is 0 Å². The molecule has 0 aliphatic carbocycles. The third kappa shape index (κ3) is 4.59. The number of carbonyl (C=O) groups is 1. The van der Waals surface area contributed by atoms with Crippen LogP contribution >= 0.6 is 0 Å². The normalized spacial score (nSPS) is 18.9. The Balaban J connectivity index is 1.69. The summed E-state index contributed by atoms with van der Waals surface area (Å²) >= 11 is 0. The van der Waals surface area contributed by atoms with Crippen LogP contribution in [-0.4, -0.2) is 48.6 Å². The van der Waals surface area contributed by atoms with Crippen molar-refractivity contribution in [2.75, 3.05) is 13.2 Å². The van der Waals surface area contributed by atoms with Gasteiger partial charge in [-0.15, -0.1) is 0 Å². The zero-order chi connectivity index (χ0) is 23.5. The minimum atomic E-state index is -2.71. The number of likely N-dealkylation sites (tertiary alicyclic amines) is 1. The van der Waals surface area contributed by atoms with E-state index >= 15 is 0 Å². The van der Waals surface area contributed by atoms with Crippen LogP contribution in [0.25, 0.3) is 0 Å². The van der Waals surface area contributed by atoms with E-state index in [-0.39, 0.29) is 17.0 Å². The van der Waals surface area contributed by atoms with Crippen LogP contribution in [0.3, 0.4) is 0 Å². The van der Waals surface area contributed by atoms with Gasteiger partial charge in [0.05, 0.1) is 12.6 Å². The van der Waals surface area contributed by atoms with Crippen LogP contribution in [0.4, 0.5) is 4.79 Å². The van der Waals surface area contributed by atoms with Crippen molar-refractivity contribution in [3.63, 3.8) is 0 Å². The molecule has 1 aromatic heterocycles. The molecule has 1 aliphatic heterocycles. The molecule has 172 valence electrons. The molecule has 2 heterocycles. The van der Waals surface area contributed by atoms with E-state index in [2.05, 4.69) is 74.3 Å². The lowest BCUT2D eigenvalue weighted by Gasteiger charge is -2.44. The molecule has 33 heavy (non-hydrogen) atoms. The Hall–Kier alpha value is -2.96. The summed E-state index contributed by atoms with van der Waals surface area (Å²) in [5, 5.41) is 12.2. The Morgan fingerprint density at radius 3 is 2.12 bits per heavy atom. The maximum absolute atomic E-state index is 12.1. The minimum Gasteiger partial charge on any atom is -0.465 e. The summed E-state index contributed by atoms with van der Waals surface area (Å²) in [5.41, 5.74) is 1.08. The molecule has 1 amide bonds. The number of hydrogen-bond donors (Lipinski definition) is 1.